The zero-order chi connectivity index (χ0) is 40.6. The van der Waals surface area contributed by atoms with E-state index in [0.29, 0.717) is 28.6 Å². The molecular formula is C51H31N3O. The third-order valence-electron chi connectivity index (χ3n) is 10.4. The van der Waals surface area contributed by atoms with Gasteiger partial charge in [-0.15, -0.1) is 0 Å². The molecule has 2 aromatic heterocycles. The van der Waals surface area contributed by atoms with E-state index >= 15 is 0 Å². The molecule has 0 N–H and O–H groups in total. The summed E-state index contributed by atoms with van der Waals surface area (Å²) in [7, 11) is 0. The lowest BCUT2D eigenvalue weighted by atomic mass is 9.91. The molecule has 0 radical (unpaired) electrons. The first-order chi connectivity index (χ1) is 29.3. The van der Waals surface area contributed by atoms with Crippen LogP contribution in [0, 0.1) is 0 Å². The first-order valence-corrected chi connectivity index (χ1v) is 18.1. The number of hydrogen-bond donors (Lipinski definition) is 0. The molecule has 0 saturated heterocycles. The van der Waals surface area contributed by atoms with Crippen LogP contribution in [0.25, 0.3) is 111 Å². The van der Waals surface area contributed by atoms with Gasteiger partial charge in [-0.2, -0.15) is 0 Å². The van der Waals surface area contributed by atoms with Gasteiger partial charge in [0, 0.05) is 27.5 Å². The van der Waals surface area contributed by atoms with Crippen LogP contribution in [0.4, 0.5) is 0 Å². The van der Waals surface area contributed by atoms with Crippen LogP contribution in [0.2, 0.25) is 0 Å². The maximum Gasteiger partial charge on any atom is 0.164 e. The van der Waals surface area contributed by atoms with Gasteiger partial charge in [0.15, 0.2) is 17.5 Å². The minimum absolute atomic E-state index is 0.138. The Labute approximate surface area is 324 Å². The Morgan fingerprint density at radius 1 is 0.345 bits per heavy atom. The van der Waals surface area contributed by atoms with Gasteiger partial charge >= 0.3 is 0 Å². The standard InChI is InChI=1S/C51H31N3O/c1-3-12-32(13-4-1)33-22-24-35(25-23-33)50-52-49(34-14-5-2-6-15-34)53-51(54-50)37-27-29-46-45(31-37)48-38(20-11-21-47(48)55-46)36-26-28-43-41-18-8-7-16-39(41)40-17-9-10-19-42(40)44(43)30-36/h1-31H/i1D,3D,4D,12D,13D. The highest BCUT2D eigenvalue weighted by Gasteiger charge is 2.18. The molecule has 256 valence electrons. The molecule has 0 aliphatic heterocycles. The molecule has 11 aromatic rings. The highest BCUT2D eigenvalue weighted by molar-refractivity contribution is 6.26. The quantitative estimate of drug-likeness (QED) is 0.167. The van der Waals surface area contributed by atoms with Crippen molar-refractivity contribution in [3.8, 4) is 56.4 Å². The Morgan fingerprint density at radius 3 is 1.56 bits per heavy atom. The van der Waals surface area contributed by atoms with Crippen LogP contribution in [0.5, 0.6) is 0 Å². The van der Waals surface area contributed by atoms with Gasteiger partial charge in [-0.1, -0.05) is 158 Å². The van der Waals surface area contributed by atoms with E-state index < -0.39 is 6.04 Å². The molecule has 0 saturated carbocycles. The molecular weight excluding hydrogens is 671 g/mol. The maximum absolute atomic E-state index is 8.47. The van der Waals surface area contributed by atoms with E-state index in [0.717, 1.165) is 44.2 Å². The fourth-order valence-electron chi connectivity index (χ4n) is 7.81. The minimum Gasteiger partial charge on any atom is -0.456 e. The number of fused-ring (bicyclic) bond motifs is 9. The third kappa shape index (κ3) is 5.26. The first-order valence-electron chi connectivity index (χ1n) is 20.6. The SMILES string of the molecule is [2H]c1c([2H])c([2H])c(-c2ccc(-c3nc(-c4ccccc4)nc(-c4ccc5oc6cccc(-c7ccc8c9ccccc9c9ccccc9c8c7)c6c5c4)n3)cc2)c([2H])c1[2H]. The summed E-state index contributed by atoms with van der Waals surface area (Å²) in [5.74, 6) is 1.41. The van der Waals surface area contributed by atoms with Crippen LogP contribution >= 0.6 is 0 Å². The van der Waals surface area contributed by atoms with Crippen LogP contribution in [-0.4, -0.2) is 15.0 Å². The summed E-state index contributed by atoms with van der Waals surface area (Å²) in [6, 6.07) is 51.3. The van der Waals surface area contributed by atoms with Crippen molar-refractivity contribution in [2.24, 2.45) is 0 Å². The van der Waals surface area contributed by atoms with Crippen molar-refractivity contribution in [1.82, 2.24) is 15.0 Å². The molecule has 9 aromatic carbocycles. The number of furan rings is 1. The smallest absolute Gasteiger partial charge is 0.164 e. The molecule has 0 fully saturated rings. The van der Waals surface area contributed by atoms with Crippen LogP contribution in [0.15, 0.2) is 192 Å². The fourth-order valence-corrected chi connectivity index (χ4v) is 7.81. The van der Waals surface area contributed by atoms with Gasteiger partial charge in [0.25, 0.3) is 0 Å². The summed E-state index contributed by atoms with van der Waals surface area (Å²) in [6.07, 6.45) is 0. The lowest BCUT2D eigenvalue weighted by molar-refractivity contribution is 0.669. The number of rotatable bonds is 5. The molecule has 0 atom stereocenters. The molecule has 4 nitrogen and oxygen atoms in total. The van der Waals surface area contributed by atoms with Gasteiger partial charge in [-0.05, 0) is 84.9 Å². The van der Waals surface area contributed by atoms with E-state index in [-0.39, 0.29) is 29.7 Å². The first kappa shape index (κ1) is 26.4. The second-order valence-electron chi connectivity index (χ2n) is 13.6. The zero-order valence-corrected chi connectivity index (χ0v) is 29.3. The topological polar surface area (TPSA) is 51.8 Å². The van der Waals surface area contributed by atoms with Crippen molar-refractivity contribution in [1.29, 1.82) is 0 Å². The van der Waals surface area contributed by atoms with Crippen molar-refractivity contribution in [3.63, 3.8) is 0 Å². The second kappa shape index (κ2) is 12.6. The third-order valence-corrected chi connectivity index (χ3v) is 10.4. The molecule has 0 aliphatic rings. The van der Waals surface area contributed by atoms with E-state index in [1.807, 2.05) is 54.6 Å². The number of benzene rings is 9. The zero-order valence-electron chi connectivity index (χ0n) is 34.3. The molecule has 55 heavy (non-hydrogen) atoms. The van der Waals surface area contributed by atoms with Gasteiger partial charge in [0.2, 0.25) is 0 Å². The summed E-state index contributed by atoms with van der Waals surface area (Å²) in [5, 5.41) is 9.25. The van der Waals surface area contributed by atoms with Crippen LogP contribution in [-0.2, 0) is 0 Å². The molecule has 0 amide bonds. The van der Waals surface area contributed by atoms with Gasteiger partial charge in [0.1, 0.15) is 11.2 Å². The van der Waals surface area contributed by atoms with Gasteiger partial charge in [-0.25, -0.2) is 15.0 Å². The van der Waals surface area contributed by atoms with Gasteiger partial charge in [-0.3, -0.25) is 0 Å². The Hall–Kier alpha value is -7.43. The van der Waals surface area contributed by atoms with E-state index in [1.165, 1.54) is 32.3 Å². The van der Waals surface area contributed by atoms with Crippen LogP contribution in [0.1, 0.15) is 6.85 Å². The van der Waals surface area contributed by atoms with Crippen molar-refractivity contribution in [3.05, 3.63) is 188 Å². The summed E-state index contributed by atoms with van der Waals surface area (Å²) in [5.41, 5.74) is 6.60. The minimum atomic E-state index is -0.425. The van der Waals surface area contributed by atoms with Gasteiger partial charge < -0.3 is 4.42 Å². The summed E-state index contributed by atoms with van der Waals surface area (Å²) >= 11 is 0. The van der Waals surface area contributed by atoms with E-state index in [9.17, 15) is 0 Å². The monoisotopic (exact) mass is 706 g/mol. The van der Waals surface area contributed by atoms with Crippen LogP contribution < -0.4 is 0 Å². The van der Waals surface area contributed by atoms with E-state index in [1.54, 1.807) is 24.3 Å². The highest BCUT2D eigenvalue weighted by atomic mass is 16.3. The highest BCUT2D eigenvalue weighted by Crippen LogP contribution is 2.41. The number of hydrogen-bond acceptors (Lipinski definition) is 4. The van der Waals surface area contributed by atoms with Gasteiger partial charge in [0.05, 0.1) is 6.85 Å². The van der Waals surface area contributed by atoms with E-state index in [2.05, 4.69) is 78.9 Å². The van der Waals surface area contributed by atoms with E-state index in [4.69, 9.17) is 26.2 Å². The largest absolute Gasteiger partial charge is 0.456 e. The molecule has 4 heteroatoms. The van der Waals surface area contributed by atoms with Crippen molar-refractivity contribution < 1.29 is 11.3 Å². The van der Waals surface area contributed by atoms with Crippen LogP contribution in [0.3, 0.4) is 0 Å². The van der Waals surface area contributed by atoms with Crippen molar-refractivity contribution in [2.75, 3.05) is 0 Å². The molecule has 2 heterocycles. The molecule has 0 bridgehead atoms. The van der Waals surface area contributed by atoms with Crippen molar-refractivity contribution >= 4 is 54.3 Å². The Bertz CT molecular complexity index is 3490. The fraction of sp³-hybridized carbons (Fsp3) is 0. The normalized spacial score (nSPS) is 12.9. The average Bonchev–Trinajstić information content (AvgIpc) is 3.69. The number of nitrogens with zero attached hydrogens (tertiary/aromatic N) is 3. The Kier molecular flexibility index (Phi) is 6.04. The predicted octanol–water partition coefficient (Wildman–Crippen LogP) is 13.6. The lowest BCUT2D eigenvalue weighted by Crippen LogP contribution is -2.00. The molecule has 0 aliphatic carbocycles. The Balaban J connectivity index is 1.06. The Morgan fingerprint density at radius 2 is 0.873 bits per heavy atom. The maximum atomic E-state index is 8.47. The van der Waals surface area contributed by atoms with Crippen molar-refractivity contribution in [2.45, 2.75) is 0 Å². The summed E-state index contributed by atoms with van der Waals surface area (Å²) < 4.78 is 47.7. The number of aromatic nitrogens is 3. The summed E-state index contributed by atoms with van der Waals surface area (Å²) in [6.45, 7) is 0. The average molecular weight is 707 g/mol. The summed E-state index contributed by atoms with van der Waals surface area (Å²) in [4.78, 5) is 14.9. The molecule has 0 unspecified atom stereocenters. The predicted molar refractivity (Wildman–Crippen MR) is 227 cm³/mol. The lowest BCUT2D eigenvalue weighted by Gasteiger charge is -2.12. The molecule has 0 spiro atoms. The second-order valence-corrected chi connectivity index (χ2v) is 13.6. The molecule has 11 rings (SSSR count).